The highest BCUT2D eigenvalue weighted by molar-refractivity contribution is 6.26. The third-order valence-electron chi connectivity index (χ3n) is 6.24. The summed E-state index contributed by atoms with van der Waals surface area (Å²) in [4.78, 5) is 26.6. The Morgan fingerprint density at radius 3 is 2.13 bits per heavy atom. The van der Waals surface area contributed by atoms with Crippen molar-refractivity contribution >= 4 is 49.9 Å². The van der Waals surface area contributed by atoms with Gasteiger partial charge in [-0.2, -0.15) is 0 Å². The second-order valence-corrected chi connectivity index (χ2v) is 8.03. The van der Waals surface area contributed by atoms with Crippen LogP contribution in [0.1, 0.15) is 18.5 Å². The number of nitrogens with zero attached hydrogens (tertiary/aromatic N) is 1. The zero-order chi connectivity index (χ0) is 21.1. The Bertz CT molecular complexity index is 1460. The van der Waals surface area contributed by atoms with Gasteiger partial charge in [-0.15, -0.1) is 0 Å². The molecule has 0 spiro atoms. The molecule has 0 bridgehead atoms. The first-order valence-corrected chi connectivity index (χ1v) is 10.4. The molecule has 0 radical (unpaired) electrons. The number of anilines is 1. The summed E-state index contributed by atoms with van der Waals surface area (Å²) < 4.78 is 5.41. The Hall–Kier alpha value is -3.92. The van der Waals surface area contributed by atoms with E-state index in [1.807, 2.05) is 36.4 Å². The SMILES string of the molecule is CC(=O)O[C@@H]1C(=O)N(c2ccc3ccc4cccc5ccc2c3c45)[C@H]1c1ccccc1. The van der Waals surface area contributed by atoms with Crippen LogP contribution in [-0.2, 0) is 14.3 Å². The lowest BCUT2D eigenvalue weighted by atomic mass is 9.87. The molecule has 2 atom stereocenters. The fourth-order valence-electron chi connectivity index (χ4n) is 4.93. The van der Waals surface area contributed by atoms with Crippen molar-refractivity contribution in [2.45, 2.75) is 19.1 Å². The van der Waals surface area contributed by atoms with E-state index in [-0.39, 0.29) is 11.9 Å². The number of ether oxygens (including phenoxy) is 1. The molecule has 0 saturated carbocycles. The van der Waals surface area contributed by atoms with E-state index < -0.39 is 12.1 Å². The summed E-state index contributed by atoms with van der Waals surface area (Å²) >= 11 is 0. The highest BCUT2D eigenvalue weighted by Crippen LogP contribution is 2.46. The number of benzene rings is 5. The van der Waals surface area contributed by atoms with Gasteiger partial charge in [0.25, 0.3) is 5.91 Å². The molecular weight excluding hydrogens is 386 g/mol. The number of carbonyl (C=O) groups excluding carboxylic acids is 2. The van der Waals surface area contributed by atoms with Crippen LogP contribution in [0.4, 0.5) is 5.69 Å². The van der Waals surface area contributed by atoms with Gasteiger partial charge < -0.3 is 4.74 Å². The lowest BCUT2D eigenvalue weighted by Crippen LogP contribution is -2.60. The first kappa shape index (κ1) is 17.9. The molecule has 0 unspecified atom stereocenters. The molecule has 0 aromatic heterocycles. The second kappa shape index (κ2) is 6.54. The molecule has 1 amide bonds. The van der Waals surface area contributed by atoms with Gasteiger partial charge in [0.15, 0.2) is 0 Å². The fraction of sp³-hybridized carbons (Fsp3) is 0.111. The fourth-order valence-corrected chi connectivity index (χ4v) is 4.93. The highest BCUT2D eigenvalue weighted by atomic mass is 16.6. The summed E-state index contributed by atoms with van der Waals surface area (Å²) in [5.41, 5.74) is 1.78. The van der Waals surface area contributed by atoms with Gasteiger partial charge in [-0.05, 0) is 38.6 Å². The summed E-state index contributed by atoms with van der Waals surface area (Å²) in [5, 5.41) is 6.89. The van der Waals surface area contributed by atoms with Gasteiger partial charge >= 0.3 is 5.97 Å². The minimum atomic E-state index is -0.807. The number of esters is 1. The molecular formula is C27H19NO3. The van der Waals surface area contributed by atoms with Crippen molar-refractivity contribution in [3.63, 3.8) is 0 Å². The summed E-state index contributed by atoms with van der Waals surface area (Å²) in [6, 6.07) is 28.2. The van der Waals surface area contributed by atoms with Crippen LogP contribution in [0.3, 0.4) is 0 Å². The van der Waals surface area contributed by atoms with Gasteiger partial charge in [0.05, 0.1) is 5.69 Å². The van der Waals surface area contributed by atoms with Crippen LogP contribution in [-0.4, -0.2) is 18.0 Å². The molecule has 0 N–H and O–H groups in total. The quantitative estimate of drug-likeness (QED) is 0.223. The number of β-lactam (4-membered cyclic amide) rings is 1. The summed E-state index contributed by atoms with van der Waals surface area (Å²) in [6.45, 7) is 1.34. The van der Waals surface area contributed by atoms with E-state index >= 15 is 0 Å². The van der Waals surface area contributed by atoms with Crippen LogP contribution in [0.15, 0.2) is 84.9 Å². The largest absolute Gasteiger partial charge is 0.450 e. The molecule has 1 heterocycles. The molecule has 4 heteroatoms. The molecule has 0 aliphatic carbocycles. The van der Waals surface area contributed by atoms with E-state index in [2.05, 4.69) is 48.5 Å². The van der Waals surface area contributed by atoms with Crippen molar-refractivity contribution in [1.82, 2.24) is 0 Å². The van der Waals surface area contributed by atoms with Gasteiger partial charge in [-0.3, -0.25) is 14.5 Å². The van der Waals surface area contributed by atoms with Crippen LogP contribution < -0.4 is 4.90 Å². The van der Waals surface area contributed by atoms with E-state index in [9.17, 15) is 9.59 Å². The van der Waals surface area contributed by atoms with Crippen molar-refractivity contribution in [3.05, 3.63) is 90.5 Å². The first-order chi connectivity index (χ1) is 15.1. The van der Waals surface area contributed by atoms with Crippen LogP contribution in [0.5, 0.6) is 0 Å². The Morgan fingerprint density at radius 1 is 0.774 bits per heavy atom. The molecule has 1 saturated heterocycles. The Balaban J connectivity index is 1.58. The van der Waals surface area contributed by atoms with E-state index in [1.165, 1.54) is 23.1 Å². The van der Waals surface area contributed by atoms with Gasteiger partial charge in [0, 0.05) is 12.3 Å². The maximum absolute atomic E-state index is 13.2. The van der Waals surface area contributed by atoms with Crippen LogP contribution in [0.25, 0.3) is 32.3 Å². The number of carbonyl (C=O) groups is 2. The normalized spacial score (nSPS) is 18.6. The maximum atomic E-state index is 13.2. The number of rotatable bonds is 3. The summed E-state index contributed by atoms with van der Waals surface area (Å²) in [7, 11) is 0. The van der Waals surface area contributed by atoms with Crippen LogP contribution in [0.2, 0.25) is 0 Å². The van der Waals surface area contributed by atoms with E-state index in [1.54, 1.807) is 4.90 Å². The summed E-state index contributed by atoms with van der Waals surface area (Å²) in [6.07, 6.45) is -0.807. The topological polar surface area (TPSA) is 46.6 Å². The molecule has 31 heavy (non-hydrogen) atoms. The minimum Gasteiger partial charge on any atom is -0.450 e. The summed E-state index contributed by atoms with van der Waals surface area (Å²) in [5.74, 6) is -0.645. The van der Waals surface area contributed by atoms with Crippen molar-refractivity contribution in [2.24, 2.45) is 0 Å². The van der Waals surface area contributed by atoms with E-state index in [4.69, 9.17) is 4.74 Å². The smallest absolute Gasteiger partial charge is 0.303 e. The molecule has 5 aromatic rings. The molecule has 1 fully saturated rings. The lowest BCUT2D eigenvalue weighted by Gasteiger charge is -2.46. The number of amides is 1. The van der Waals surface area contributed by atoms with Gasteiger partial charge in [-0.1, -0.05) is 78.9 Å². The lowest BCUT2D eigenvalue weighted by molar-refractivity contribution is -0.160. The molecule has 5 aromatic carbocycles. The minimum absolute atomic E-state index is 0.195. The second-order valence-electron chi connectivity index (χ2n) is 8.03. The Kier molecular flexibility index (Phi) is 3.78. The third-order valence-corrected chi connectivity index (χ3v) is 6.24. The van der Waals surface area contributed by atoms with Crippen molar-refractivity contribution in [2.75, 3.05) is 4.90 Å². The Labute approximate surface area is 179 Å². The van der Waals surface area contributed by atoms with Crippen LogP contribution >= 0.6 is 0 Å². The predicted molar refractivity (Wildman–Crippen MR) is 122 cm³/mol. The average Bonchev–Trinajstić information content (AvgIpc) is 2.80. The predicted octanol–water partition coefficient (Wildman–Crippen LogP) is 5.60. The van der Waals surface area contributed by atoms with Crippen molar-refractivity contribution < 1.29 is 14.3 Å². The molecule has 6 rings (SSSR count). The molecule has 1 aliphatic rings. The third kappa shape index (κ3) is 2.55. The van der Waals surface area contributed by atoms with Crippen molar-refractivity contribution in [3.8, 4) is 0 Å². The van der Waals surface area contributed by atoms with Crippen molar-refractivity contribution in [1.29, 1.82) is 0 Å². The average molecular weight is 405 g/mol. The zero-order valence-corrected chi connectivity index (χ0v) is 16.9. The zero-order valence-electron chi connectivity index (χ0n) is 16.9. The van der Waals surface area contributed by atoms with E-state index in [0.29, 0.717) is 0 Å². The maximum Gasteiger partial charge on any atom is 0.303 e. The first-order valence-electron chi connectivity index (χ1n) is 10.4. The highest BCUT2D eigenvalue weighted by Gasteiger charge is 2.51. The standard InChI is InChI=1S/C27H19NO3/c1-16(29)31-26-25(20-6-3-2-4-7-20)28(27(26)30)22-15-13-19-11-10-17-8-5-9-18-12-14-21(22)24(19)23(17)18/h2-15,25-26H,1H3/t25-,26-/m0/s1. The Morgan fingerprint density at radius 2 is 1.42 bits per heavy atom. The molecule has 150 valence electrons. The number of hydrogen-bond donors (Lipinski definition) is 0. The van der Waals surface area contributed by atoms with Gasteiger partial charge in [0.2, 0.25) is 6.10 Å². The van der Waals surface area contributed by atoms with Gasteiger partial charge in [0.1, 0.15) is 6.04 Å². The van der Waals surface area contributed by atoms with E-state index in [0.717, 1.165) is 27.4 Å². The van der Waals surface area contributed by atoms with Crippen LogP contribution in [0, 0.1) is 0 Å². The molecule has 1 aliphatic heterocycles. The van der Waals surface area contributed by atoms with Gasteiger partial charge in [-0.25, -0.2) is 0 Å². The number of hydrogen-bond acceptors (Lipinski definition) is 3. The molecule has 4 nitrogen and oxygen atoms in total. The monoisotopic (exact) mass is 405 g/mol.